The van der Waals surface area contributed by atoms with Crippen LogP contribution in [-0.4, -0.2) is 23.3 Å². The summed E-state index contributed by atoms with van der Waals surface area (Å²) < 4.78 is 0.614. The van der Waals surface area contributed by atoms with Crippen LogP contribution in [0, 0.1) is 15.0 Å². The second-order valence-corrected chi connectivity index (χ2v) is 3.18. The molecule has 0 amide bonds. The summed E-state index contributed by atoms with van der Waals surface area (Å²) in [7, 11) is 1.31. The average Bonchev–Trinajstić information content (AvgIpc) is 2.26. The molecule has 0 heterocycles. The molecule has 0 aliphatic rings. The first-order chi connectivity index (χ1) is 7.50. The van der Waals surface area contributed by atoms with Crippen LogP contribution in [0.15, 0.2) is 30.3 Å². The number of hydrogen-bond donors (Lipinski definition) is 0. The van der Waals surface area contributed by atoms with E-state index in [1.54, 1.807) is 0 Å². The zero-order chi connectivity index (χ0) is 12.1. The summed E-state index contributed by atoms with van der Waals surface area (Å²) in [5.41, 5.74) is 0.255. The highest BCUT2D eigenvalue weighted by Gasteiger charge is 2.03. The van der Waals surface area contributed by atoms with Crippen molar-refractivity contribution in [3.63, 3.8) is 0 Å². The van der Waals surface area contributed by atoms with Crippen molar-refractivity contribution in [1.82, 2.24) is 0 Å². The van der Waals surface area contributed by atoms with Gasteiger partial charge in [0, 0.05) is 17.0 Å². The maximum atomic E-state index is 11.4. The zero-order valence-corrected chi connectivity index (χ0v) is 8.62. The molecule has 1 aromatic rings. The van der Waals surface area contributed by atoms with Crippen molar-refractivity contribution >= 4 is 11.4 Å². The minimum absolute atomic E-state index is 0.00415. The maximum Gasteiger partial charge on any atom is 0.269 e. The third-order valence-corrected chi connectivity index (χ3v) is 1.90. The molecule has 1 rings (SSSR count). The van der Waals surface area contributed by atoms with Gasteiger partial charge in [-0.3, -0.25) is 10.1 Å². The molecule has 84 valence electrons. The van der Waals surface area contributed by atoms with Gasteiger partial charge in [0.2, 0.25) is 6.54 Å². The van der Waals surface area contributed by atoms with Crippen LogP contribution in [0.2, 0.25) is 0 Å². The number of benzene rings is 1. The van der Waals surface area contributed by atoms with Gasteiger partial charge in [0.1, 0.15) is 0 Å². The number of nitro groups is 1. The van der Waals surface area contributed by atoms with Crippen LogP contribution < -0.4 is 5.11 Å². The zero-order valence-electron chi connectivity index (χ0n) is 8.62. The maximum absolute atomic E-state index is 11.4. The van der Waals surface area contributed by atoms with Crippen LogP contribution >= 0.6 is 0 Å². The fourth-order valence-electron chi connectivity index (χ4n) is 1.08. The van der Waals surface area contributed by atoms with Gasteiger partial charge in [-0.1, -0.05) is 5.76 Å². The van der Waals surface area contributed by atoms with Crippen molar-refractivity contribution in [2.75, 3.05) is 13.6 Å². The Hall–Kier alpha value is -2.24. The van der Waals surface area contributed by atoms with Gasteiger partial charge in [-0.05, 0) is 28.5 Å². The second kappa shape index (κ2) is 5.01. The number of likely N-dealkylation sites (N-methyl/N-ethyl adjacent to an activating group) is 1. The summed E-state index contributed by atoms with van der Waals surface area (Å²) in [5.74, 6) is -0.322. The molecule has 6 heteroatoms. The molecule has 0 saturated carbocycles. The standard InChI is InChI=1S/C10H10N2O4/c1-11(14)7-6-10(13)8-2-4-9(5-3-8)12(15)16/h2-6H,7H2,1H3/b10-6-. The van der Waals surface area contributed by atoms with Crippen LogP contribution in [-0.2, 0) is 0 Å². The highest BCUT2D eigenvalue weighted by Crippen LogP contribution is 2.15. The van der Waals surface area contributed by atoms with Crippen molar-refractivity contribution in [3.05, 3.63) is 50.9 Å². The van der Waals surface area contributed by atoms with E-state index < -0.39 is 4.92 Å². The predicted molar refractivity (Wildman–Crippen MR) is 55.5 cm³/mol. The lowest BCUT2D eigenvalue weighted by atomic mass is 10.1. The Morgan fingerprint density at radius 2 is 1.88 bits per heavy atom. The normalized spacial score (nSPS) is 11.2. The first-order valence-electron chi connectivity index (χ1n) is 4.51. The Kier molecular flexibility index (Phi) is 3.71. The molecule has 0 aliphatic heterocycles. The quantitative estimate of drug-likeness (QED) is 0.325. The molecule has 0 aliphatic carbocycles. The molecule has 0 fully saturated rings. The fourth-order valence-corrected chi connectivity index (χ4v) is 1.08. The molecular weight excluding hydrogens is 212 g/mol. The average molecular weight is 222 g/mol. The van der Waals surface area contributed by atoms with Crippen molar-refractivity contribution in [3.8, 4) is 0 Å². The molecule has 0 unspecified atom stereocenters. The lowest BCUT2D eigenvalue weighted by Crippen LogP contribution is -2.07. The van der Waals surface area contributed by atoms with E-state index in [2.05, 4.69) is 0 Å². The molecular formula is C10H10N2O4. The third-order valence-electron chi connectivity index (χ3n) is 1.90. The van der Waals surface area contributed by atoms with Gasteiger partial charge in [-0.15, -0.1) is 0 Å². The molecule has 0 radical (unpaired) electrons. The third kappa shape index (κ3) is 3.16. The van der Waals surface area contributed by atoms with Crippen molar-refractivity contribution in [2.45, 2.75) is 0 Å². The molecule has 0 N–H and O–H groups in total. The van der Waals surface area contributed by atoms with Crippen molar-refractivity contribution in [1.29, 1.82) is 0 Å². The number of nitro benzene ring substituents is 1. The lowest BCUT2D eigenvalue weighted by molar-refractivity contribution is -0.508. The number of nitroso groups, excluding NO2 is 1. The Morgan fingerprint density at radius 1 is 1.31 bits per heavy atom. The monoisotopic (exact) mass is 222 g/mol. The van der Waals surface area contributed by atoms with Gasteiger partial charge < -0.3 is 5.11 Å². The van der Waals surface area contributed by atoms with E-state index >= 15 is 0 Å². The minimum Gasteiger partial charge on any atom is -0.872 e. The number of hydrogen-bond acceptors (Lipinski definition) is 4. The van der Waals surface area contributed by atoms with Gasteiger partial charge >= 0.3 is 0 Å². The van der Waals surface area contributed by atoms with Gasteiger partial charge in [-0.2, -0.15) is 0 Å². The molecule has 6 nitrogen and oxygen atoms in total. The number of non-ortho nitro benzene ring substituents is 1. The first-order valence-corrected chi connectivity index (χ1v) is 4.51. The summed E-state index contributed by atoms with van der Waals surface area (Å²) in [6.07, 6.45) is 1.23. The van der Waals surface area contributed by atoms with Crippen LogP contribution in [0.4, 0.5) is 5.69 Å². The van der Waals surface area contributed by atoms with Gasteiger partial charge in [0.15, 0.2) is 7.05 Å². The molecule has 16 heavy (non-hydrogen) atoms. The highest BCUT2D eigenvalue weighted by atomic mass is 16.6. The smallest absolute Gasteiger partial charge is 0.269 e. The summed E-state index contributed by atoms with van der Waals surface area (Å²) in [6.45, 7) is -0.00415. The Morgan fingerprint density at radius 3 is 2.31 bits per heavy atom. The Labute approximate surface area is 91.6 Å². The Balaban J connectivity index is 2.85. The minimum atomic E-state index is -0.538. The topological polar surface area (TPSA) is 86.3 Å². The first kappa shape index (κ1) is 11.8. The summed E-state index contributed by atoms with van der Waals surface area (Å²) in [6, 6.07) is 5.23. The molecule has 0 aromatic heterocycles. The van der Waals surface area contributed by atoms with E-state index in [1.807, 2.05) is 0 Å². The SMILES string of the molecule is C[N+](=O)C/C=C(\[O-])c1ccc([N+](=O)[O-])cc1. The molecule has 0 bridgehead atoms. The number of rotatable bonds is 4. The van der Waals surface area contributed by atoms with Gasteiger partial charge in [0.25, 0.3) is 5.69 Å². The fraction of sp³-hybridized carbons (Fsp3) is 0.200. The van der Waals surface area contributed by atoms with E-state index in [9.17, 15) is 20.1 Å². The van der Waals surface area contributed by atoms with Crippen LogP contribution in [0.25, 0.3) is 5.76 Å². The van der Waals surface area contributed by atoms with Crippen molar-refractivity contribution in [2.24, 2.45) is 0 Å². The van der Waals surface area contributed by atoms with E-state index in [-0.39, 0.29) is 18.0 Å². The molecule has 0 saturated heterocycles. The van der Waals surface area contributed by atoms with Gasteiger partial charge in [0.05, 0.1) is 4.92 Å². The van der Waals surface area contributed by atoms with Crippen molar-refractivity contribution < 1.29 is 14.8 Å². The molecule has 1 aromatic carbocycles. The predicted octanol–water partition coefficient (Wildman–Crippen LogP) is 0.705. The molecule has 0 spiro atoms. The van der Waals surface area contributed by atoms with Crippen LogP contribution in [0.3, 0.4) is 0 Å². The second-order valence-electron chi connectivity index (χ2n) is 3.18. The van der Waals surface area contributed by atoms with Crippen LogP contribution in [0.1, 0.15) is 5.56 Å². The highest BCUT2D eigenvalue weighted by molar-refractivity contribution is 5.58. The van der Waals surface area contributed by atoms with E-state index in [4.69, 9.17) is 0 Å². The Bertz CT molecular complexity index is 437. The number of nitrogens with zero attached hydrogens (tertiary/aromatic N) is 2. The summed E-state index contributed by atoms with van der Waals surface area (Å²) >= 11 is 0. The summed E-state index contributed by atoms with van der Waals surface area (Å²) in [4.78, 5) is 20.4. The van der Waals surface area contributed by atoms with E-state index in [1.165, 1.54) is 37.4 Å². The van der Waals surface area contributed by atoms with Crippen LogP contribution in [0.5, 0.6) is 0 Å². The lowest BCUT2D eigenvalue weighted by Gasteiger charge is -2.10. The largest absolute Gasteiger partial charge is 0.872 e. The van der Waals surface area contributed by atoms with Gasteiger partial charge in [-0.25, -0.2) is 0 Å². The summed E-state index contributed by atoms with van der Waals surface area (Å²) in [5, 5.41) is 21.8. The van der Waals surface area contributed by atoms with E-state index in [0.29, 0.717) is 10.3 Å². The van der Waals surface area contributed by atoms with E-state index in [0.717, 1.165) is 0 Å². The molecule has 0 atom stereocenters.